The summed E-state index contributed by atoms with van der Waals surface area (Å²) in [6.07, 6.45) is 0.0952. The number of aliphatic carboxylic acids is 1. The molecule has 29 heavy (non-hydrogen) atoms. The van der Waals surface area contributed by atoms with Crippen LogP contribution in [0.2, 0.25) is 0 Å². The van der Waals surface area contributed by atoms with Gasteiger partial charge in [-0.05, 0) is 48.7 Å². The Kier molecular flexibility index (Phi) is 8.98. The summed E-state index contributed by atoms with van der Waals surface area (Å²) in [5.41, 5.74) is 1.92. The van der Waals surface area contributed by atoms with E-state index in [1.54, 1.807) is 24.3 Å². The molecule has 0 aliphatic rings. The highest BCUT2D eigenvalue weighted by Gasteiger charge is 2.16. The SMILES string of the molecule is CCOc1ccc(CCNC(=O)COc2ccc(C[C@H](OC)C(=O)O)cc2)cc1. The summed E-state index contributed by atoms with van der Waals surface area (Å²) in [5.74, 6) is 0.167. The fourth-order valence-electron chi connectivity index (χ4n) is 2.67. The highest BCUT2D eigenvalue weighted by atomic mass is 16.5. The van der Waals surface area contributed by atoms with Crippen molar-refractivity contribution < 1.29 is 28.9 Å². The summed E-state index contributed by atoms with van der Waals surface area (Å²) in [6, 6.07) is 14.7. The summed E-state index contributed by atoms with van der Waals surface area (Å²) in [5, 5.41) is 11.8. The Bertz CT molecular complexity index is 773. The minimum atomic E-state index is -1.00. The van der Waals surface area contributed by atoms with Crippen LogP contribution in [-0.2, 0) is 27.2 Å². The first-order chi connectivity index (χ1) is 14.0. The van der Waals surface area contributed by atoms with Gasteiger partial charge in [0.2, 0.25) is 0 Å². The maximum atomic E-state index is 11.9. The van der Waals surface area contributed by atoms with Crippen LogP contribution in [0.4, 0.5) is 0 Å². The third kappa shape index (κ3) is 7.83. The fraction of sp³-hybridized carbons (Fsp3) is 0.364. The number of nitrogens with one attached hydrogen (secondary N) is 1. The van der Waals surface area contributed by atoms with E-state index in [-0.39, 0.29) is 18.9 Å². The first kappa shape index (κ1) is 22.2. The molecule has 0 fully saturated rings. The van der Waals surface area contributed by atoms with Crippen LogP contribution in [0.3, 0.4) is 0 Å². The molecule has 1 atom stereocenters. The number of methoxy groups -OCH3 is 1. The number of hydrogen-bond acceptors (Lipinski definition) is 5. The van der Waals surface area contributed by atoms with Crippen LogP contribution in [0, 0.1) is 0 Å². The van der Waals surface area contributed by atoms with Gasteiger partial charge in [-0.2, -0.15) is 0 Å². The smallest absolute Gasteiger partial charge is 0.333 e. The van der Waals surface area contributed by atoms with Crippen molar-refractivity contribution in [3.8, 4) is 11.5 Å². The standard InChI is InChI=1S/C22H27NO6/c1-3-28-18-8-4-16(5-9-18)12-13-23-21(24)15-29-19-10-6-17(7-11-19)14-20(27-2)22(25)26/h4-11,20H,3,12-15H2,1-2H3,(H,23,24)(H,25,26)/t20-/m0/s1. The van der Waals surface area contributed by atoms with E-state index in [1.165, 1.54) is 7.11 Å². The number of benzene rings is 2. The van der Waals surface area contributed by atoms with Gasteiger partial charge in [-0.3, -0.25) is 4.79 Å². The highest BCUT2D eigenvalue weighted by molar-refractivity contribution is 5.77. The second kappa shape index (κ2) is 11.7. The van der Waals surface area contributed by atoms with Gasteiger partial charge in [-0.25, -0.2) is 4.79 Å². The highest BCUT2D eigenvalue weighted by Crippen LogP contribution is 2.14. The molecular weight excluding hydrogens is 374 g/mol. The summed E-state index contributed by atoms with van der Waals surface area (Å²) < 4.78 is 15.8. The van der Waals surface area contributed by atoms with Crippen molar-refractivity contribution in [2.45, 2.75) is 25.9 Å². The Hall–Kier alpha value is -3.06. The average Bonchev–Trinajstić information content (AvgIpc) is 2.72. The number of rotatable bonds is 12. The van der Waals surface area contributed by atoms with Gasteiger partial charge in [0.25, 0.3) is 5.91 Å². The van der Waals surface area contributed by atoms with Crippen LogP contribution in [-0.4, -0.2) is 50.0 Å². The van der Waals surface area contributed by atoms with Crippen LogP contribution in [0.1, 0.15) is 18.1 Å². The van der Waals surface area contributed by atoms with Crippen LogP contribution in [0.5, 0.6) is 11.5 Å². The Morgan fingerprint density at radius 2 is 1.55 bits per heavy atom. The monoisotopic (exact) mass is 401 g/mol. The van der Waals surface area contributed by atoms with E-state index < -0.39 is 12.1 Å². The average molecular weight is 401 g/mol. The lowest BCUT2D eigenvalue weighted by Gasteiger charge is -2.11. The molecule has 156 valence electrons. The summed E-state index contributed by atoms with van der Waals surface area (Å²) >= 11 is 0. The number of amides is 1. The quantitative estimate of drug-likeness (QED) is 0.567. The van der Waals surface area contributed by atoms with Crippen LogP contribution in [0.15, 0.2) is 48.5 Å². The third-order valence-electron chi connectivity index (χ3n) is 4.24. The molecule has 2 N–H and O–H groups in total. The molecule has 0 aliphatic carbocycles. The van der Waals surface area contributed by atoms with Crippen LogP contribution < -0.4 is 14.8 Å². The minimum Gasteiger partial charge on any atom is -0.494 e. The zero-order valence-electron chi connectivity index (χ0n) is 16.7. The lowest BCUT2D eigenvalue weighted by Crippen LogP contribution is -2.30. The number of carbonyl (C=O) groups is 2. The van der Waals surface area contributed by atoms with Crippen molar-refractivity contribution in [2.75, 3.05) is 26.9 Å². The molecule has 0 saturated heterocycles. The summed E-state index contributed by atoms with van der Waals surface area (Å²) in [7, 11) is 1.37. The van der Waals surface area contributed by atoms with Crippen LogP contribution in [0.25, 0.3) is 0 Å². The molecule has 2 aromatic rings. The maximum absolute atomic E-state index is 11.9. The predicted molar refractivity (Wildman–Crippen MR) is 108 cm³/mol. The van der Waals surface area contributed by atoms with E-state index >= 15 is 0 Å². The van der Waals surface area contributed by atoms with Crippen molar-refractivity contribution in [1.82, 2.24) is 5.32 Å². The molecule has 0 spiro atoms. The van der Waals surface area contributed by atoms with E-state index in [9.17, 15) is 9.59 Å². The van der Waals surface area contributed by atoms with Gasteiger partial charge in [-0.15, -0.1) is 0 Å². The zero-order valence-corrected chi connectivity index (χ0v) is 16.7. The van der Waals surface area contributed by atoms with Gasteiger partial charge >= 0.3 is 5.97 Å². The first-order valence-electron chi connectivity index (χ1n) is 9.47. The van der Waals surface area contributed by atoms with Crippen molar-refractivity contribution >= 4 is 11.9 Å². The molecule has 0 radical (unpaired) electrons. The number of carboxylic acids is 1. The van der Waals surface area contributed by atoms with Crippen LogP contribution >= 0.6 is 0 Å². The minimum absolute atomic E-state index is 0.0849. The summed E-state index contributed by atoms with van der Waals surface area (Å²) in [6.45, 7) is 3.01. The zero-order chi connectivity index (χ0) is 21.1. The van der Waals surface area contributed by atoms with Gasteiger partial charge in [0, 0.05) is 20.1 Å². The summed E-state index contributed by atoms with van der Waals surface area (Å²) in [4.78, 5) is 22.9. The van der Waals surface area contributed by atoms with Gasteiger partial charge in [-0.1, -0.05) is 24.3 Å². The van der Waals surface area contributed by atoms with Gasteiger partial charge in [0.15, 0.2) is 12.7 Å². The normalized spacial score (nSPS) is 11.5. The molecule has 0 unspecified atom stereocenters. The lowest BCUT2D eigenvalue weighted by molar-refractivity contribution is -0.148. The molecule has 7 nitrogen and oxygen atoms in total. The molecule has 2 aromatic carbocycles. The van der Waals surface area contributed by atoms with E-state index in [1.807, 2.05) is 31.2 Å². The number of carbonyl (C=O) groups excluding carboxylic acids is 1. The Morgan fingerprint density at radius 1 is 0.966 bits per heavy atom. The molecule has 0 aliphatic heterocycles. The van der Waals surface area contributed by atoms with E-state index in [4.69, 9.17) is 19.3 Å². The van der Waals surface area contributed by atoms with Gasteiger partial charge in [0.1, 0.15) is 11.5 Å². The maximum Gasteiger partial charge on any atom is 0.333 e. The number of carboxylic acid groups (broad SMARTS) is 1. The van der Waals surface area contributed by atoms with Crippen molar-refractivity contribution in [1.29, 1.82) is 0 Å². The fourth-order valence-corrected chi connectivity index (χ4v) is 2.67. The molecule has 7 heteroatoms. The van der Waals surface area contributed by atoms with Crippen molar-refractivity contribution in [3.63, 3.8) is 0 Å². The Balaban J connectivity index is 1.70. The molecular formula is C22H27NO6. The predicted octanol–water partition coefficient (Wildman–Crippen LogP) is 2.47. The molecule has 0 bridgehead atoms. The van der Waals surface area contributed by atoms with Gasteiger partial charge < -0.3 is 24.6 Å². The second-order valence-electron chi connectivity index (χ2n) is 6.38. The van der Waals surface area contributed by atoms with Crippen molar-refractivity contribution in [3.05, 3.63) is 59.7 Å². The van der Waals surface area contributed by atoms with Gasteiger partial charge in [0.05, 0.1) is 6.61 Å². The van der Waals surface area contributed by atoms with E-state index in [2.05, 4.69) is 5.32 Å². The van der Waals surface area contributed by atoms with E-state index in [0.29, 0.717) is 18.9 Å². The molecule has 1 amide bonds. The topological polar surface area (TPSA) is 94.1 Å². The number of hydrogen-bond donors (Lipinski definition) is 2. The van der Waals surface area contributed by atoms with Crippen molar-refractivity contribution in [2.24, 2.45) is 0 Å². The number of ether oxygens (including phenoxy) is 3. The molecule has 0 aromatic heterocycles. The molecule has 0 heterocycles. The molecule has 2 rings (SSSR count). The largest absolute Gasteiger partial charge is 0.494 e. The molecule has 0 saturated carbocycles. The second-order valence-corrected chi connectivity index (χ2v) is 6.38. The Morgan fingerprint density at radius 3 is 2.10 bits per heavy atom. The Labute approximate surface area is 170 Å². The van der Waals surface area contributed by atoms with E-state index in [0.717, 1.165) is 23.3 Å². The lowest BCUT2D eigenvalue weighted by atomic mass is 10.1. The first-order valence-corrected chi connectivity index (χ1v) is 9.47. The third-order valence-corrected chi connectivity index (χ3v) is 4.24.